The van der Waals surface area contributed by atoms with Gasteiger partial charge < -0.3 is 4.74 Å². The molecule has 0 fully saturated rings. The Balaban J connectivity index is 2.31. The predicted octanol–water partition coefficient (Wildman–Crippen LogP) is 3.94. The molecule has 0 aliphatic heterocycles. The number of carbonyl (C=O) groups is 2. The Morgan fingerprint density at radius 1 is 1.00 bits per heavy atom. The Bertz CT molecular complexity index is 624. The van der Waals surface area contributed by atoms with Crippen molar-refractivity contribution in [2.75, 3.05) is 0 Å². The fourth-order valence-electron chi connectivity index (χ4n) is 1.48. The lowest BCUT2D eigenvalue weighted by atomic mass is 10.2. The standard InChI is InChI=1S/C14H8Cl2O3/c15-10-6-7-11(13(16)17)12(8-10)19-14(18)9-4-2-1-3-5-9/h1-8H. The Hall–Kier alpha value is -1.84. The van der Waals surface area contributed by atoms with E-state index in [1.807, 2.05) is 0 Å². The van der Waals surface area contributed by atoms with Gasteiger partial charge in [-0.25, -0.2) is 4.79 Å². The van der Waals surface area contributed by atoms with Crippen LogP contribution in [0.5, 0.6) is 5.75 Å². The predicted molar refractivity (Wildman–Crippen MR) is 73.0 cm³/mol. The molecule has 0 spiro atoms. The van der Waals surface area contributed by atoms with Crippen LogP contribution in [0.4, 0.5) is 0 Å². The summed E-state index contributed by atoms with van der Waals surface area (Å²) in [5.74, 6) is -0.539. The molecule has 19 heavy (non-hydrogen) atoms. The number of carbonyl (C=O) groups excluding carboxylic acids is 2. The summed E-state index contributed by atoms with van der Waals surface area (Å²) in [5.41, 5.74) is 0.464. The first-order chi connectivity index (χ1) is 9.08. The largest absolute Gasteiger partial charge is 0.422 e. The Morgan fingerprint density at radius 2 is 1.68 bits per heavy atom. The van der Waals surface area contributed by atoms with Crippen molar-refractivity contribution < 1.29 is 14.3 Å². The number of hydrogen-bond donors (Lipinski definition) is 0. The first kappa shape index (κ1) is 13.6. The van der Waals surface area contributed by atoms with Crippen molar-refractivity contribution in [1.82, 2.24) is 0 Å². The Labute approximate surface area is 119 Å². The molecule has 2 rings (SSSR count). The number of ether oxygens (including phenoxy) is 1. The molecule has 0 amide bonds. The van der Waals surface area contributed by atoms with Gasteiger partial charge in [0.05, 0.1) is 11.1 Å². The van der Waals surface area contributed by atoms with E-state index in [1.165, 1.54) is 18.2 Å². The first-order valence-corrected chi connectivity index (χ1v) is 6.10. The zero-order valence-electron chi connectivity index (χ0n) is 9.60. The average molecular weight is 295 g/mol. The molecular weight excluding hydrogens is 287 g/mol. The SMILES string of the molecule is O=C(Oc1cc(Cl)ccc1C(=O)Cl)c1ccccc1. The van der Waals surface area contributed by atoms with E-state index in [0.29, 0.717) is 10.6 Å². The number of hydrogen-bond acceptors (Lipinski definition) is 3. The van der Waals surface area contributed by atoms with E-state index in [4.69, 9.17) is 27.9 Å². The van der Waals surface area contributed by atoms with E-state index in [2.05, 4.69) is 0 Å². The molecule has 0 saturated carbocycles. The Kier molecular flexibility index (Phi) is 4.20. The topological polar surface area (TPSA) is 43.4 Å². The highest BCUT2D eigenvalue weighted by Gasteiger charge is 2.15. The van der Waals surface area contributed by atoms with E-state index in [9.17, 15) is 9.59 Å². The minimum absolute atomic E-state index is 0.0429. The number of halogens is 2. The van der Waals surface area contributed by atoms with Gasteiger partial charge in [-0.15, -0.1) is 0 Å². The fourth-order valence-corrected chi connectivity index (χ4v) is 1.79. The van der Waals surface area contributed by atoms with Crippen molar-refractivity contribution in [2.24, 2.45) is 0 Å². The molecule has 0 aliphatic carbocycles. The molecule has 5 heteroatoms. The van der Waals surface area contributed by atoms with Crippen LogP contribution in [0.25, 0.3) is 0 Å². The molecule has 0 atom stereocenters. The van der Waals surface area contributed by atoms with Gasteiger partial charge >= 0.3 is 5.97 Å². The summed E-state index contributed by atoms with van der Waals surface area (Å²) in [4.78, 5) is 23.1. The summed E-state index contributed by atoms with van der Waals surface area (Å²) in [6.45, 7) is 0. The van der Waals surface area contributed by atoms with Crippen LogP contribution in [-0.2, 0) is 0 Å². The summed E-state index contributed by atoms with van der Waals surface area (Å²) in [5, 5.41) is -0.370. The van der Waals surface area contributed by atoms with Gasteiger partial charge in [0.25, 0.3) is 5.24 Å². The average Bonchev–Trinajstić information content (AvgIpc) is 2.39. The summed E-state index contributed by atoms with van der Waals surface area (Å²) in [6.07, 6.45) is 0. The lowest BCUT2D eigenvalue weighted by Crippen LogP contribution is -2.10. The first-order valence-electron chi connectivity index (χ1n) is 5.34. The lowest BCUT2D eigenvalue weighted by molar-refractivity contribution is 0.0733. The Morgan fingerprint density at radius 3 is 2.32 bits per heavy atom. The monoisotopic (exact) mass is 294 g/mol. The third-order valence-electron chi connectivity index (χ3n) is 2.37. The van der Waals surface area contributed by atoms with Gasteiger partial charge in [-0.1, -0.05) is 29.8 Å². The van der Waals surface area contributed by atoms with Crippen molar-refractivity contribution in [1.29, 1.82) is 0 Å². The highest BCUT2D eigenvalue weighted by Crippen LogP contribution is 2.25. The quantitative estimate of drug-likeness (QED) is 0.489. The number of rotatable bonds is 3. The molecule has 2 aromatic carbocycles. The van der Waals surface area contributed by atoms with E-state index < -0.39 is 11.2 Å². The van der Waals surface area contributed by atoms with E-state index >= 15 is 0 Å². The van der Waals surface area contributed by atoms with Crippen LogP contribution in [0.3, 0.4) is 0 Å². The molecule has 2 aromatic rings. The normalized spacial score (nSPS) is 10.0. The number of benzene rings is 2. The van der Waals surface area contributed by atoms with Crippen LogP contribution in [-0.4, -0.2) is 11.2 Å². The van der Waals surface area contributed by atoms with Crippen molar-refractivity contribution in [2.45, 2.75) is 0 Å². The summed E-state index contributed by atoms with van der Waals surface area (Å²) < 4.78 is 5.15. The second kappa shape index (κ2) is 5.87. The molecule has 0 unspecified atom stereocenters. The molecule has 0 bridgehead atoms. The third-order valence-corrected chi connectivity index (χ3v) is 2.81. The van der Waals surface area contributed by atoms with Crippen LogP contribution >= 0.6 is 23.2 Å². The minimum atomic E-state index is -0.715. The van der Waals surface area contributed by atoms with Gasteiger partial charge in [0.1, 0.15) is 5.75 Å². The third kappa shape index (κ3) is 3.34. The summed E-state index contributed by atoms with van der Waals surface area (Å²) >= 11 is 11.2. The van der Waals surface area contributed by atoms with Gasteiger partial charge in [0.15, 0.2) is 0 Å². The van der Waals surface area contributed by atoms with Crippen LogP contribution in [0.15, 0.2) is 48.5 Å². The minimum Gasteiger partial charge on any atom is -0.422 e. The molecule has 0 heterocycles. The van der Waals surface area contributed by atoms with Gasteiger partial charge in [0.2, 0.25) is 0 Å². The van der Waals surface area contributed by atoms with Crippen molar-refractivity contribution in [3.8, 4) is 5.75 Å². The van der Waals surface area contributed by atoms with Gasteiger partial charge in [-0.2, -0.15) is 0 Å². The van der Waals surface area contributed by atoms with Crippen molar-refractivity contribution in [3.63, 3.8) is 0 Å². The molecule has 96 valence electrons. The molecular formula is C14H8Cl2O3. The lowest BCUT2D eigenvalue weighted by Gasteiger charge is -2.07. The highest BCUT2D eigenvalue weighted by molar-refractivity contribution is 6.68. The van der Waals surface area contributed by atoms with Crippen molar-refractivity contribution >= 4 is 34.4 Å². The van der Waals surface area contributed by atoms with Crippen LogP contribution < -0.4 is 4.74 Å². The maximum Gasteiger partial charge on any atom is 0.343 e. The number of esters is 1. The van der Waals surface area contributed by atoms with Gasteiger partial charge in [-0.05, 0) is 35.9 Å². The molecule has 0 saturated heterocycles. The molecule has 0 radical (unpaired) electrons. The maximum atomic E-state index is 11.9. The van der Waals surface area contributed by atoms with Crippen LogP contribution in [0.1, 0.15) is 20.7 Å². The maximum absolute atomic E-state index is 11.9. The van der Waals surface area contributed by atoms with Gasteiger partial charge in [-0.3, -0.25) is 4.79 Å². The van der Waals surface area contributed by atoms with Crippen LogP contribution in [0, 0.1) is 0 Å². The van der Waals surface area contributed by atoms with Crippen LogP contribution in [0.2, 0.25) is 5.02 Å². The molecule has 0 aliphatic rings. The van der Waals surface area contributed by atoms with E-state index in [1.54, 1.807) is 30.3 Å². The smallest absolute Gasteiger partial charge is 0.343 e. The molecule has 0 aromatic heterocycles. The highest BCUT2D eigenvalue weighted by atomic mass is 35.5. The zero-order chi connectivity index (χ0) is 13.8. The second-order valence-corrected chi connectivity index (χ2v) is 4.45. The molecule has 0 N–H and O–H groups in total. The fraction of sp³-hybridized carbons (Fsp3) is 0. The zero-order valence-corrected chi connectivity index (χ0v) is 11.1. The summed E-state index contributed by atoms with van der Waals surface area (Å²) in [7, 11) is 0. The summed E-state index contributed by atoms with van der Waals surface area (Å²) in [6, 6.07) is 12.7. The van der Waals surface area contributed by atoms with E-state index in [0.717, 1.165) is 0 Å². The van der Waals surface area contributed by atoms with Crippen molar-refractivity contribution in [3.05, 3.63) is 64.7 Å². The molecule has 3 nitrogen and oxygen atoms in total. The van der Waals surface area contributed by atoms with Gasteiger partial charge in [0, 0.05) is 11.1 Å². The van der Waals surface area contributed by atoms with E-state index in [-0.39, 0.29) is 11.3 Å². The second-order valence-electron chi connectivity index (χ2n) is 3.67.